The van der Waals surface area contributed by atoms with Gasteiger partial charge in [-0.25, -0.2) is 4.98 Å². The number of carbonyl (C=O) groups excluding carboxylic acids is 2. The van der Waals surface area contributed by atoms with E-state index in [-0.39, 0.29) is 17.8 Å². The number of hydrogen-bond donors (Lipinski definition) is 1. The van der Waals surface area contributed by atoms with Gasteiger partial charge in [0.05, 0.1) is 23.9 Å². The number of nitrogens with two attached hydrogens (primary N) is 1. The lowest BCUT2D eigenvalue weighted by Crippen LogP contribution is -2.42. The molecule has 5 rings (SSSR count). The Bertz CT molecular complexity index is 1410. The molecule has 0 radical (unpaired) electrons. The third kappa shape index (κ3) is 4.58. The first kappa shape index (κ1) is 24.0. The van der Waals surface area contributed by atoms with Crippen LogP contribution in [-0.4, -0.2) is 41.5 Å². The first-order valence-electron chi connectivity index (χ1n) is 12.3. The zero-order valence-electron chi connectivity index (χ0n) is 20.5. The second-order valence-electron chi connectivity index (χ2n) is 9.15. The minimum absolute atomic E-state index is 0.152. The number of thiophene rings is 1. The third-order valence-electron chi connectivity index (χ3n) is 6.65. The van der Waals surface area contributed by atoms with Crippen molar-refractivity contribution in [3.8, 4) is 22.4 Å². The predicted octanol–water partition coefficient (Wildman–Crippen LogP) is 5.94. The molecule has 1 aliphatic rings. The van der Waals surface area contributed by atoms with Crippen LogP contribution in [0.25, 0.3) is 32.6 Å². The molecule has 0 spiro atoms. The fourth-order valence-corrected chi connectivity index (χ4v) is 5.84. The van der Waals surface area contributed by atoms with E-state index in [4.69, 9.17) is 15.5 Å². The average molecular weight is 500 g/mol. The summed E-state index contributed by atoms with van der Waals surface area (Å²) in [6.07, 6.45) is 1.48. The van der Waals surface area contributed by atoms with E-state index in [2.05, 4.69) is 37.3 Å². The van der Waals surface area contributed by atoms with E-state index in [1.807, 2.05) is 30.3 Å². The van der Waals surface area contributed by atoms with Crippen molar-refractivity contribution in [2.75, 3.05) is 25.4 Å². The molecule has 0 aliphatic carbocycles. The van der Waals surface area contributed by atoms with Gasteiger partial charge in [0, 0.05) is 24.0 Å². The van der Waals surface area contributed by atoms with Crippen molar-refractivity contribution >= 4 is 39.1 Å². The molecule has 1 fully saturated rings. The lowest BCUT2D eigenvalue weighted by atomic mass is 9.97. The molecule has 2 aromatic heterocycles. The maximum Gasteiger partial charge on any atom is 0.310 e. The highest BCUT2D eigenvalue weighted by Gasteiger charge is 2.32. The zero-order chi connectivity index (χ0) is 25.2. The van der Waals surface area contributed by atoms with Crippen LogP contribution in [0.5, 0.6) is 0 Å². The van der Waals surface area contributed by atoms with Gasteiger partial charge in [-0.2, -0.15) is 0 Å². The third-order valence-corrected chi connectivity index (χ3v) is 7.74. The van der Waals surface area contributed by atoms with Crippen molar-refractivity contribution in [1.82, 2.24) is 9.88 Å². The Balaban J connectivity index is 1.59. The minimum Gasteiger partial charge on any atom is -0.466 e. The first-order chi connectivity index (χ1) is 17.5. The van der Waals surface area contributed by atoms with Crippen molar-refractivity contribution < 1.29 is 14.3 Å². The lowest BCUT2D eigenvalue weighted by Gasteiger charge is -2.31. The molecule has 2 N–H and O–H groups in total. The number of anilines is 1. The summed E-state index contributed by atoms with van der Waals surface area (Å²) in [5.74, 6) is -0.695. The van der Waals surface area contributed by atoms with Crippen molar-refractivity contribution in [1.29, 1.82) is 0 Å². The maximum atomic E-state index is 13.6. The predicted molar refractivity (Wildman–Crippen MR) is 145 cm³/mol. The van der Waals surface area contributed by atoms with Gasteiger partial charge in [0.1, 0.15) is 9.71 Å². The SMILES string of the molecule is CCOC(=O)C1CCCN(C(=O)c2sc3nc(-c4ccccc4)cc(-c4ccc(C)cc4)c3c2N)C1. The maximum absolute atomic E-state index is 13.6. The molecule has 1 atom stereocenters. The Morgan fingerprint density at radius 2 is 1.86 bits per heavy atom. The van der Waals surface area contributed by atoms with Gasteiger partial charge >= 0.3 is 5.97 Å². The fraction of sp³-hybridized carbons (Fsp3) is 0.276. The van der Waals surface area contributed by atoms with Crippen LogP contribution in [0, 0.1) is 12.8 Å². The number of hydrogen-bond acceptors (Lipinski definition) is 6. The second-order valence-corrected chi connectivity index (χ2v) is 10.2. The Labute approximate surface area is 214 Å². The Kier molecular flexibility index (Phi) is 6.74. The Morgan fingerprint density at radius 1 is 1.11 bits per heavy atom. The van der Waals surface area contributed by atoms with Crippen molar-refractivity contribution in [3.63, 3.8) is 0 Å². The van der Waals surface area contributed by atoms with Gasteiger partial charge in [-0.15, -0.1) is 11.3 Å². The van der Waals surface area contributed by atoms with E-state index in [1.54, 1.807) is 11.8 Å². The van der Waals surface area contributed by atoms with E-state index in [0.29, 0.717) is 30.3 Å². The zero-order valence-corrected chi connectivity index (χ0v) is 21.3. The van der Waals surface area contributed by atoms with Crippen LogP contribution in [0.15, 0.2) is 60.7 Å². The van der Waals surface area contributed by atoms with E-state index in [1.165, 1.54) is 16.9 Å². The summed E-state index contributed by atoms with van der Waals surface area (Å²) < 4.78 is 5.21. The number of esters is 1. The number of ether oxygens (including phenoxy) is 1. The number of fused-ring (bicyclic) bond motifs is 1. The number of rotatable bonds is 5. The molecule has 7 heteroatoms. The molecule has 3 heterocycles. The van der Waals surface area contributed by atoms with Crippen LogP contribution in [0.1, 0.15) is 35.0 Å². The number of aryl methyl sites for hydroxylation is 1. The van der Waals surface area contributed by atoms with Crippen molar-refractivity contribution in [3.05, 3.63) is 71.1 Å². The Morgan fingerprint density at radius 3 is 2.58 bits per heavy atom. The number of nitrogens with zero attached hydrogens (tertiary/aromatic N) is 2. The summed E-state index contributed by atoms with van der Waals surface area (Å²) in [5.41, 5.74) is 12.1. The normalized spacial score (nSPS) is 15.7. The van der Waals surface area contributed by atoms with Gasteiger partial charge in [0.15, 0.2) is 0 Å². The summed E-state index contributed by atoms with van der Waals surface area (Å²) in [7, 11) is 0. The number of nitrogen functional groups attached to an aromatic ring is 1. The molecule has 1 amide bonds. The van der Waals surface area contributed by atoms with Gasteiger partial charge in [0.25, 0.3) is 5.91 Å². The number of piperidine rings is 1. The number of carbonyl (C=O) groups is 2. The molecular weight excluding hydrogens is 470 g/mol. The number of aromatic nitrogens is 1. The largest absolute Gasteiger partial charge is 0.466 e. The standard InChI is InChI=1S/C29H29N3O3S/c1-3-35-29(34)21-10-7-15-32(17-21)28(33)26-25(30)24-22(19-13-11-18(2)12-14-19)16-23(31-27(24)36-26)20-8-5-4-6-9-20/h4-6,8-9,11-14,16,21H,3,7,10,15,17,30H2,1-2H3. The topological polar surface area (TPSA) is 85.5 Å². The van der Waals surface area contributed by atoms with Gasteiger partial charge in [-0.05, 0) is 43.9 Å². The minimum atomic E-state index is -0.302. The van der Waals surface area contributed by atoms with Crippen LogP contribution in [-0.2, 0) is 9.53 Å². The first-order valence-corrected chi connectivity index (χ1v) is 13.1. The monoisotopic (exact) mass is 499 g/mol. The molecule has 184 valence electrons. The van der Waals surface area contributed by atoms with E-state index < -0.39 is 0 Å². The van der Waals surface area contributed by atoms with Crippen LogP contribution < -0.4 is 5.73 Å². The fourth-order valence-electron chi connectivity index (χ4n) is 4.76. The van der Waals surface area contributed by atoms with Crippen LogP contribution in [0.3, 0.4) is 0 Å². The second kappa shape index (κ2) is 10.1. The molecule has 2 aromatic carbocycles. The summed E-state index contributed by atoms with van der Waals surface area (Å²) in [6, 6.07) is 20.4. The molecule has 0 bridgehead atoms. The van der Waals surface area contributed by atoms with Gasteiger partial charge in [0.2, 0.25) is 0 Å². The number of pyridine rings is 1. The lowest BCUT2D eigenvalue weighted by molar-refractivity contribution is -0.149. The molecule has 0 saturated carbocycles. The molecular formula is C29H29N3O3S. The summed E-state index contributed by atoms with van der Waals surface area (Å²) >= 11 is 1.32. The van der Waals surface area contributed by atoms with Crippen LogP contribution >= 0.6 is 11.3 Å². The summed E-state index contributed by atoms with van der Waals surface area (Å²) in [5, 5.41) is 0.797. The quantitative estimate of drug-likeness (QED) is 0.344. The highest BCUT2D eigenvalue weighted by atomic mass is 32.1. The van der Waals surface area contributed by atoms with Crippen molar-refractivity contribution in [2.24, 2.45) is 5.92 Å². The molecule has 1 unspecified atom stereocenters. The van der Waals surface area contributed by atoms with Crippen LogP contribution in [0.2, 0.25) is 0 Å². The van der Waals surface area contributed by atoms with E-state index >= 15 is 0 Å². The van der Waals surface area contributed by atoms with Crippen molar-refractivity contribution in [2.45, 2.75) is 26.7 Å². The summed E-state index contributed by atoms with van der Waals surface area (Å²) in [6.45, 7) is 5.13. The molecule has 36 heavy (non-hydrogen) atoms. The smallest absolute Gasteiger partial charge is 0.310 e. The molecule has 1 aliphatic heterocycles. The highest BCUT2D eigenvalue weighted by Crippen LogP contribution is 2.42. The van der Waals surface area contributed by atoms with E-state index in [9.17, 15) is 9.59 Å². The molecule has 1 saturated heterocycles. The Hall–Kier alpha value is -3.71. The van der Waals surface area contributed by atoms with E-state index in [0.717, 1.165) is 45.4 Å². The number of benzene rings is 2. The number of amides is 1. The summed E-state index contributed by atoms with van der Waals surface area (Å²) in [4.78, 5) is 33.8. The number of likely N-dealkylation sites (tertiary alicyclic amines) is 1. The molecule has 6 nitrogen and oxygen atoms in total. The van der Waals surface area contributed by atoms with Gasteiger partial charge in [-0.1, -0.05) is 60.2 Å². The van der Waals surface area contributed by atoms with Gasteiger partial charge < -0.3 is 15.4 Å². The highest BCUT2D eigenvalue weighted by molar-refractivity contribution is 7.21. The molecule has 4 aromatic rings. The average Bonchev–Trinajstić information content (AvgIpc) is 3.25. The van der Waals surface area contributed by atoms with Crippen LogP contribution in [0.4, 0.5) is 5.69 Å². The van der Waals surface area contributed by atoms with Gasteiger partial charge in [-0.3, -0.25) is 9.59 Å².